The molecule has 4 heterocycles. The van der Waals surface area contributed by atoms with Crippen LogP contribution in [-0.4, -0.2) is 39.1 Å². The zero-order valence-corrected chi connectivity index (χ0v) is 20.9. The van der Waals surface area contributed by atoms with Crippen molar-refractivity contribution in [1.82, 2.24) is 15.0 Å². The van der Waals surface area contributed by atoms with Gasteiger partial charge in [-0.2, -0.15) is 5.26 Å². The van der Waals surface area contributed by atoms with Crippen LogP contribution in [0.5, 0.6) is 0 Å². The van der Waals surface area contributed by atoms with Crippen molar-refractivity contribution in [2.24, 2.45) is 0 Å². The average Bonchev–Trinajstić information content (AvgIpc) is 3.59. The highest BCUT2D eigenvalue weighted by molar-refractivity contribution is 5.81. The van der Waals surface area contributed by atoms with Gasteiger partial charge in [-0.25, -0.2) is 19.7 Å². The van der Waals surface area contributed by atoms with E-state index in [1.807, 2.05) is 44.0 Å². The molecule has 2 aliphatic rings. The summed E-state index contributed by atoms with van der Waals surface area (Å²) in [5.41, 5.74) is 2.97. The van der Waals surface area contributed by atoms with Crippen LogP contribution in [-0.2, 0) is 9.53 Å². The van der Waals surface area contributed by atoms with Crippen LogP contribution in [0.4, 0.5) is 17.5 Å². The maximum Gasteiger partial charge on any atom is 0.329 e. The number of rotatable bonds is 6. The first kappa shape index (κ1) is 23.7. The van der Waals surface area contributed by atoms with Gasteiger partial charge < -0.3 is 15.0 Å². The van der Waals surface area contributed by atoms with Crippen molar-refractivity contribution in [3.8, 4) is 17.3 Å². The fourth-order valence-corrected chi connectivity index (χ4v) is 4.48. The topological polar surface area (TPSA) is 104 Å². The number of ether oxygens (including phenoxy) is 1. The zero-order chi connectivity index (χ0) is 25.3. The Hall–Kier alpha value is -3.99. The Morgan fingerprint density at radius 3 is 2.64 bits per heavy atom. The average molecular weight is 483 g/mol. The van der Waals surface area contributed by atoms with Crippen molar-refractivity contribution in [2.75, 3.05) is 16.8 Å². The number of esters is 1. The van der Waals surface area contributed by atoms with Crippen LogP contribution in [0.1, 0.15) is 63.5 Å². The minimum Gasteiger partial charge on any atom is -0.458 e. The molecule has 1 aliphatic heterocycles. The molecule has 1 N–H and O–H groups in total. The zero-order valence-electron chi connectivity index (χ0n) is 20.9. The number of hydrogen-bond acceptors (Lipinski definition) is 8. The summed E-state index contributed by atoms with van der Waals surface area (Å²) in [6, 6.07) is 13.3. The third-order valence-corrected chi connectivity index (χ3v) is 6.31. The first-order valence-corrected chi connectivity index (χ1v) is 12.4. The van der Waals surface area contributed by atoms with Crippen LogP contribution in [0.3, 0.4) is 0 Å². The molecule has 0 bridgehead atoms. The molecular formula is C28H30N6O2. The molecule has 1 saturated carbocycles. The van der Waals surface area contributed by atoms with Crippen molar-refractivity contribution in [2.45, 2.75) is 64.0 Å². The summed E-state index contributed by atoms with van der Waals surface area (Å²) in [5.74, 6) is 2.37. The van der Waals surface area contributed by atoms with E-state index >= 15 is 0 Å². The van der Waals surface area contributed by atoms with Crippen molar-refractivity contribution < 1.29 is 9.53 Å². The Morgan fingerprint density at radius 1 is 1.11 bits per heavy atom. The molecule has 8 heteroatoms. The number of pyridine rings is 3. The molecule has 3 aromatic rings. The van der Waals surface area contributed by atoms with Gasteiger partial charge in [0.25, 0.3) is 0 Å². The maximum atomic E-state index is 12.7. The third-order valence-electron chi connectivity index (χ3n) is 6.31. The van der Waals surface area contributed by atoms with E-state index in [9.17, 15) is 10.1 Å². The van der Waals surface area contributed by atoms with Gasteiger partial charge in [0.2, 0.25) is 0 Å². The summed E-state index contributed by atoms with van der Waals surface area (Å²) in [6.45, 7) is 6.44. The Labute approximate surface area is 211 Å². The van der Waals surface area contributed by atoms with Crippen molar-refractivity contribution in [1.29, 1.82) is 5.26 Å². The van der Waals surface area contributed by atoms with Gasteiger partial charge in [0.1, 0.15) is 29.1 Å². The number of anilines is 3. The fraction of sp³-hybridized carbons (Fsp3) is 0.393. The molecule has 5 rings (SSSR count). The number of aromatic nitrogens is 3. The quantitative estimate of drug-likeness (QED) is 0.470. The van der Waals surface area contributed by atoms with Gasteiger partial charge in [-0.1, -0.05) is 0 Å². The molecule has 0 radical (unpaired) electrons. The Balaban J connectivity index is 1.39. The summed E-state index contributed by atoms with van der Waals surface area (Å²) in [4.78, 5) is 28.6. The Morgan fingerprint density at radius 2 is 1.94 bits per heavy atom. The molecular weight excluding hydrogens is 452 g/mol. The predicted molar refractivity (Wildman–Crippen MR) is 138 cm³/mol. The second-order valence-corrected chi connectivity index (χ2v) is 10.4. The SMILES string of the molecule is CC(C)(C)OC(=O)[C@@H]1CCCN1c1ccc(-c2cc(C3CC3)cc(Nc3cc(C#N)ccn3)n2)cn1. The standard InChI is InChI=1S/C28H30N6O2/c1-28(2,3)36-27(35)23-5-4-12-34(23)26-9-8-20(17-31-26)22-14-21(19-6-7-19)15-25(32-22)33-24-13-18(16-29)10-11-30-24/h8-11,13-15,17,19,23H,4-7,12H2,1-3H3,(H,30,32,33)/t23-/m0/s1. The lowest BCUT2D eigenvalue weighted by atomic mass is 10.1. The van der Waals surface area contributed by atoms with Crippen molar-refractivity contribution >= 4 is 23.4 Å². The summed E-state index contributed by atoms with van der Waals surface area (Å²) in [5, 5.41) is 12.4. The molecule has 0 spiro atoms. The van der Waals surface area contributed by atoms with Crippen LogP contribution in [0.2, 0.25) is 0 Å². The Bertz CT molecular complexity index is 1300. The van der Waals surface area contributed by atoms with Crippen LogP contribution in [0, 0.1) is 11.3 Å². The summed E-state index contributed by atoms with van der Waals surface area (Å²) < 4.78 is 5.64. The molecule has 0 unspecified atom stereocenters. The van der Waals surface area contributed by atoms with Crippen molar-refractivity contribution in [3.05, 3.63) is 59.9 Å². The first-order valence-electron chi connectivity index (χ1n) is 12.4. The predicted octanol–water partition coefficient (Wildman–Crippen LogP) is 5.34. The Kier molecular flexibility index (Phi) is 6.31. The first-order chi connectivity index (χ1) is 17.3. The van der Waals surface area contributed by atoms with E-state index < -0.39 is 5.60 Å². The van der Waals surface area contributed by atoms with Crippen LogP contribution in [0.15, 0.2) is 48.8 Å². The molecule has 8 nitrogen and oxygen atoms in total. The highest BCUT2D eigenvalue weighted by Gasteiger charge is 2.35. The fourth-order valence-electron chi connectivity index (χ4n) is 4.48. The highest BCUT2D eigenvalue weighted by atomic mass is 16.6. The van der Waals surface area contributed by atoms with Crippen molar-refractivity contribution in [3.63, 3.8) is 0 Å². The van der Waals surface area contributed by atoms with Gasteiger partial charge in [-0.05, 0) is 94.3 Å². The van der Waals surface area contributed by atoms with Gasteiger partial charge in [-0.15, -0.1) is 0 Å². The summed E-state index contributed by atoms with van der Waals surface area (Å²) in [6.07, 6.45) is 7.45. The van der Waals surface area contributed by atoms with E-state index in [1.54, 1.807) is 18.3 Å². The number of carbonyl (C=O) groups is 1. The van der Waals surface area contributed by atoms with E-state index in [2.05, 4.69) is 28.5 Å². The van der Waals surface area contributed by atoms with Crippen LogP contribution in [0.25, 0.3) is 11.3 Å². The molecule has 1 atom stereocenters. The lowest BCUT2D eigenvalue weighted by molar-refractivity contribution is -0.156. The minimum absolute atomic E-state index is 0.200. The number of nitrogens with zero attached hydrogens (tertiary/aromatic N) is 5. The second-order valence-electron chi connectivity index (χ2n) is 10.4. The highest BCUT2D eigenvalue weighted by Crippen LogP contribution is 2.42. The second kappa shape index (κ2) is 9.57. The van der Waals surface area contributed by atoms with E-state index in [0.717, 1.165) is 36.5 Å². The maximum absolute atomic E-state index is 12.7. The van der Waals surface area contributed by atoms with E-state index in [1.165, 1.54) is 18.4 Å². The molecule has 2 fully saturated rings. The number of carbonyl (C=O) groups excluding carboxylic acids is 1. The molecule has 36 heavy (non-hydrogen) atoms. The van der Waals surface area contributed by atoms with Gasteiger partial charge >= 0.3 is 5.97 Å². The molecule has 0 aromatic carbocycles. The largest absolute Gasteiger partial charge is 0.458 e. The minimum atomic E-state index is -0.516. The van der Waals surface area contributed by atoms with Crippen LogP contribution < -0.4 is 10.2 Å². The molecule has 0 amide bonds. The summed E-state index contributed by atoms with van der Waals surface area (Å²) >= 11 is 0. The third kappa shape index (κ3) is 5.46. The smallest absolute Gasteiger partial charge is 0.329 e. The van der Waals surface area contributed by atoms with Gasteiger partial charge in [-0.3, -0.25) is 0 Å². The monoisotopic (exact) mass is 482 g/mol. The van der Waals surface area contributed by atoms with Crippen LogP contribution >= 0.6 is 0 Å². The van der Waals surface area contributed by atoms with Gasteiger partial charge in [0.15, 0.2) is 0 Å². The van der Waals surface area contributed by atoms with E-state index in [4.69, 9.17) is 14.7 Å². The molecule has 1 aliphatic carbocycles. The number of nitrogens with one attached hydrogen (secondary N) is 1. The normalized spacial score (nSPS) is 17.5. The van der Waals surface area contributed by atoms with Gasteiger partial charge in [0.05, 0.1) is 17.3 Å². The number of nitriles is 1. The van der Waals surface area contributed by atoms with E-state index in [-0.39, 0.29) is 12.0 Å². The molecule has 1 saturated heterocycles. The van der Waals surface area contributed by atoms with E-state index in [0.29, 0.717) is 23.1 Å². The van der Waals surface area contributed by atoms with Gasteiger partial charge in [0, 0.05) is 24.5 Å². The molecule has 184 valence electrons. The summed E-state index contributed by atoms with van der Waals surface area (Å²) in [7, 11) is 0. The lowest BCUT2D eigenvalue weighted by Gasteiger charge is -2.28. The lowest BCUT2D eigenvalue weighted by Crippen LogP contribution is -2.40. The number of hydrogen-bond donors (Lipinski definition) is 1. The molecule has 3 aromatic heterocycles.